The zero-order valence-corrected chi connectivity index (χ0v) is 13.5. The summed E-state index contributed by atoms with van der Waals surface area (Å²) < 4.78 is 6.63. The van der Waals surface area contributed by atoms with E-state index in [1.807, 2.05) is 30.3 Å². The molecule has 2 rings (SSSR count). The first-order valence-corrected chi connectivity index (χ1v) is 7.42. The van der Waals surface area contributed by atoms with E-state index in [0.29, 0.717) is 5.69 Å². The molecule has 0 saturated heterocycles. The first-order valence-electron chi connectivity index (χ1n) is 7.42. The molecule has 0 radical (unpaired) electrons. The van der Waals surface area contributed by atoms with E-state index in [2.05, 4.69) is 10.6 Å². The minimum absolute atomic E-state index is 0.289. The van der Waals surface area contributed by atoms with Gasteiger partial charge in [-0.15, -0.1) is 0 Å². The van der Waals surface area contributed by atoms with E-state index in [9.17, 15) is 14.4 Å². The molecule has 126 valence electrons. The molecule has 0 saturated carbocycles. The Morgan fingerprint density at radius 2 is 1.83 bits per heavy atom. The fraction of sp³-hybridized carbons (Fsp3) is 0.235. The smallest absolute Gasteiger partial charge is 0.355 e. The monoisotopic (exact) mass is 329 g/mol. The van der Waals surface area contributed by atoms with Crippen molar-refractivity contribution in [2.75, 3.05) is 0 Å². The van der Waals surface area contributed by atoms with Gasteiger partial charge in [0.05, 0.1) is 0 Å². The molecule has 7 nitrogen and oxygen atoms in total. The zero-order chi connectivity index (χ0) is 17.5. The molecule has 1 aromatic heterocycles. The molecule has 2 N–H and O–H groups in total. The van der Waals surface area contributed by atoms with Crippen molar-refractivity contribution in [2.24, 2.45) is 7.05 Å². The molecule has 7 heteroatoms. The lowest BCUT2D eigenvalue weighted by atomic mass is 10.2. The molecule has 24 heavy (non-hydrogen) atoms. The molecule has 0 bridgehead atoms. The number of nitrogens with one attached hydrogen (secondary N) is 2. The van der Waals surface area contributed by atoms with Gasteiger partial charge in [0.25, 0.3) is 5.91 Å². The highest BCUT2D eigenvalue weighted by Gasteiger charge is 2.21. The number of aromatic nitrogens is 1. The van der Waals surface area contributed by atoms with Crippen molar-refractivity contribution in [1.82, 2.24) is 15.2 Å². The molecule has 3 amide bonds. The number of benzene rings is 1. The number of amides is 3. The number of carbonyl (C=O) groups excluding carboxylic acids is 3. The summed E-state index contributed by atoms with van der Waals surface area (Å²) >= 11 is 0. The summed E-state index contributed by atoms with van der Waals surface area (Å²) in [5.41, 5.74) is 1.23. The molecule has 0 spiro atoms. The number of imide groups is 1. The predicted octanol–water partition coefficient (Wildman–Crippen LogP) is 1.60. The minimum Gasteiger partial charge on any atom is -0.448 e. The number of aryl methyl sites for hydroxylation is 1. The average molecular weight is 329 g/mol. The first-order chi connectivity index (χ1) is 11.5. The summed E-state index contributed by atoms with van der Waals surface area (Å²) in [6.07, 6.45) is 0.605. The Hall–Kier alpha value is -3.09. The molecule has 0 aliphatic carbocycles. The van der Waals surface area contributed by atoms with Crippen LogP contribution in [0.5, 0.6) is 0 Å². The summed E-state index contributed by atoms with van der Waals surface area (Å²) in [6, 6.07) is 11.9. The van der Waals surface area contributed by atoms with Gasteiger partial charge in [-0.25, -0.2) is 9.59 Å². The van der Waals surface area contributed by atoms with Crippen LogP contribution in [-0.2, 0) is 23.1 Å². The van der Waals surface area contributed by atoms with Crippen LogP contribution in [0.1, 0.15) is 23.0 Å². The third-order valence-electron chi connectivity index (χ3n) is 3.34. The summed E-state index contributed by atoms with van der Waals surface area (Å²) in [5.74, 6) is -1.32. The topological polar surface area (TPSA) is 89.4 Å². The fourth-order valence-electron chi connectivity index (χ4n) is 1.98. The van der Waals surface area contributed by atoms with Gasteiger partial charge in [-0.1, -0.05) is 30.3 Å². The van der Waals surface area contributed by atoms with Gasteiger partial charge in [-0.2, -0.15) is 0 Å². The lowest BCUT2D eigenvalue weighted by molar-refractivity contribution is -0.127. The molecule has 0 aliphatic heterocycles. The Morgan fingerprint density at radius 1 is 1.12 bits per heavy atom. The molecule has 1 heterocycles. The SMILES string of the molecule is C[C@@H](OC(=O)c1cccn1C)C(=O)NC(=O)NCc1ccccc1. The van der Waals surface area contributed by atoms with Crippen molar-refractivity contribution < 1.29 is 19.1 Å². The van der Waals surface area contributed by atoms with Crippen LogP contribution in [0.3, 0.4) is 0 Å². The number of hydrogen-bond acceptors (Lipinski definition) is 4. The second-order valence-electron chi connectivity index (χ2n) is 5.21. The lowest BCUT2D eigenvalue weighted by Gasteiger charge is -2.13. The van der Waals surface area contributed by atoms with Gasteiger partial charge < -0.3 is 14.6 Å². The number of carbonyl (C=O) groups is 3. The van der Waals surface area contributed by atoms with Crippen molar-refractivity contribution in [3.63, 3.8) is 0 Å². The lowest BCUT2D eigenvalue weighted by Crippen LogP contribution is -2.44. The van der Waals surface area contributed by atoms with Gasteiger partial charge in [0, 0.05) is 19.8 Å². The van der Waals surface area contributed by atoms with E-state index in [0.717, 1.165) is 5.56 Å². The highest BCUT2D eigenvalue weighted by molar-refractivity contribution is 5.98. The third kappa shape index (κ3) is 4.70. The van der Waals surface area contributed by atoms with Gasteiger partial charge in [-0.3, -0.25) is 10.1 Å². The van der Waals surface area contributed by atoms with Gasteiger partial charge in [-0.05, 0) is 24.6 Å². The Bertz CT molecular complexity index is 724. The van der Waals surface area contributed by atoms with E-state index in [4.69, 9.17) is 4.74 Å². The standard InChI is InChI=1S/C17H19N3O4/c1-12(24-16(22)14-9-6-10-20(14)2)15(21)19-17(23)18-11-13-7-4-3-5-8-13/h3-10,12H,11H2,1-2H3,(H2,18,19,21,23)/t12-/m1/s1. The van der Waals surface area contributed by atoms with Crippen LogP contribution in [0.25, 0.3) is 0 Å². The Labute approximate surface area is 139 Å². The number of esters is 1. The van der Waals surface area contributed by atoms with Gasteiger partial charge >= 0.3 is 12.0 Å². The predicted molar refractivity (Wildman–Crippen MR) is 87.1 cm³/mol. The zero-order valence-electron chi connectivity index (χ0n) is 13.5. The van der Waals surface area contributed by atoms with Crippen LogP contribution in [-0.4, -0.2) is 28.6 Å². The van der Waals surface area contributed by atoms with Crippen molar-refractivity contribution >= 4 is 17.9 Å². The molecule has 0 fully saturated rings. The summed E-state index contributed by atoms with van der Waals surface area (Å²) in [5, 5.41) is 4.70. The van der Waals surface area contributed by atoms with Crippen LogP contribution in [0.15, 0.2) is 48.7 Å². The highest BCUT2D eigenvalue weighted by atomic mass is 16.5. The number of rotatable bonds is 5. The van der Waals surface area contributed by atoms with E-state index in [1.54, 1.807) is 29.9 Å². The van der Waals surface area contributed by atoms with Gasteiger partial charge in [0.1, 0.15) is 5.69 Å². The Kier molecular flexibility index (Phi) is 5.73. The van der Waals surface area contributed by atoms with E-state index in [1.165, 1.54) is 6.92 Å². The number of hydrogen-bond donors (Lipinski definition) is 2. The van der Waals surface area contributed by atoms with Gasteiger partial charge in [0.2, 0.25) is 0 Å². The quantitative estimate of drug-likeness (QED) is 0.815. The summed E-state index contributed by atoms with van der Waals surface area (Å²) in [6.45, 7) is 1.69. The summed E-state index contributed by atoms with van der Waals surface area (Å²) in [7, 11) is 1.69. The molecule has 0 unspecified atom stereocenters. The van der Waals surface area contributed by atoms with Crippen LogP contribution >= 0.6 is 0 Å². The van der Waals surface area contributed by atoms with Crippen LogP contribution < -0.4 is 10.6 Å². The summed E-state index contributed by atoms with van der Waals surface area (Å²) in [4.78, 5) is 35.5. The molecule has 1 atom stereocenters. The van der Waals surface area contributed by atoms with Crippen LogP contribution in [0.2, 0.25) is 0 Å². The largest absolute Gasteiger partial charge is 0.448 e. The van der Waals surface area contributed by atoms with Crippen molar-refractivity contribution in [3.8, 4) is 0 Å². The molecule has 2 aromatic rings. The molecular formula is C17H19N3O4. The number of ether oxygens (including phenoxy) is 1. The fourth-order valence-corrected chi connectivity index (χ4v) is 1.98. The third-order valence-corrected chi connectivity index (χ3v) is 3.34. The maximum absolute atomic E-state index is 11.9. The second kappa shape index (κ2) is 7.96. The Morgan fingerprint density at radius 3 is 2.46 bits per heavy atom. The van der Waals surface area contributed by atoms with Crippen LogP contribution in [0, 0.1) is 0 Å². The van der Waals surface area contributed by atoms with E-state index in [-0.39, 0.29) is 6.54 Å². The Balaban J connectivity index is 1.79. The number of nitrogens with zero attached hydrogens (tertiary/aromatic N) is 1. The minimum atomic E-state index is -1.09. The van der Waals surface area contributed by atoms with E-state index < -0.39 is 24.0 Å². The first kappa shape index (κ1) is 17.3. The average Bonchev–Trinajstić information content (AvgIpc) is 3.00. The van der Waals surface area contributed by atoms with Crippen molar-refractivity contribution in [1.29, 1.82) is 0 Å². The maximum atomic E-state index is 11.9. The molecule has 1 aromatic carbocycles. The second-order valence-corrected chi connectivity index (χ2v) is 5.21. The normalized spacial score (nSPS) is 11.4. The van der Waals surface area contributed by atoms with E-state index >= 15 is 0 Å². The highest BCUT2D eigenvalue weighted by Crippen LogP contribution is 2.04. The van der Waals surface area contributed by atoms with Crippen molar-refractivity contribution in [3.05, 3.63) is 59.9 Å². The van der Waals surface area contributed by atoms with Crippen molar-refractivity contribution in [2.45, 2.75) is 19.6 Å². The van der Waals surface area contributed by atoms with Gasteiger partial charge in [0.15, 0.2) is 6.10 Å². The molecule has 0 aliphatic rings. The molecular weight excluding hydrogens is 310 g/mol. The van der Waals surface area contributed by atoms with Crippen LogP contribution in [0.4, 0.5) is 4.79 Å². The number of urea groups is 1. The maximum Gasteiger partial charge on any atom is 0.355 e.